The number of hydrogen-bond acceptors (Lipinski definition) is 3. The molecule has 2 heterocycles. The van der Waals surface area contributed by atoms with Gasteiger partial charge in [-0.15, -0.1) is 0 Å². The first-order chi connectivity index (χ1) is 9.15. The van der Waals surface area contributed by atoms with Gasteiger partial charge in [0.25, 0.3) is 0 Å². The number of carboxylic acids is 1. The number of hydrogen-bond donors (Lipinski definition) is 2. The minimum absolute atomic E-state index is 0.103. The molecule has 3 aromatic rings. The van der Waals surface area contributed by atoms with E-state index >= 15 is 0 Å². The van der Waals surface area contributed by atoms with E-state index in [2.05, 4.69) is 15.0 Å². The van der Waals surface area contributed by atoms with Gasteiger partial charge in [0.2, 0.25) is 0 Å². The molecule has 0 fully saturated rings. The molecule has 0 saturated carbocycles. The van der Waals surface area contributed by atoms with Gasteiger partial charge in [-0.1, -0.05) is 0 Å². The summed E-state index contributed by atoms with van der Waals surface area (Å²) in [6.07, 6.45) is 1.39. The molecule has 0 aliphatic carbocycles. The van der Waals surface area contributed by atoms with Crippen molar-refractivity contribution in [3.63, 3.8) is 0 Å². The van der Waals surface area contributed by atoms with E-state index in [1.54, 1.807) is 12.1 Å². The van der Waals surface area contributed by atoms with Crippen molar-refractivity contribution < 1.29 is 14.3 Å². The third kappa shape index (κ3) is 1.93. The highest BCUT2D eigenvalue weighted by atomic mass is 19.1. The molecule has 0 bridgehead atoms. The highest BCUT2D eigenvalue weighted by Gasteiger charge is 2.13. The zero-order valence-electron chi connectivity index (χ0n) is 9.59. The molecule has 0 atom stereocenters. The molecule has 0 unspecified atom stereocenters. The Balaban J connectivity index is 2.19. The van der Waals surface area contributed by atoms with Crippen LogP contribution in [-0.2, 0) is 0 Å². The number of rotatable bonds is 2. The fourth-order valence-corrected chi connectivity index (χ4v) is 1.83. The van der Waals surface area contributed by atoms with E-state index in [0.29, 0.717) is 22.6 Å². The summed E-state index contributed by atoms with van der Waals surface area (Å²) in [7, 11) is 0. The van der Waals surface area contributed by atoms with Crippen LogP contribution in [0.2, 0.25) is 0 Å². The quantitative estimate of drug-likeness (QED) is 0.739. The molecule has 0 spiro atoms. The molecule has 2 aromatic heterocycles. The summed E-state index contributed by atoms with van der Waals surface area (Å²) >= 11 is 0. The summed E-state index contributed by atoms with van der Waals surface area (Å²) in [6.45, 7) is 0. The molecular formula is C13H8FN3O2. The van der Waals surface area contributed by atoms with Crippen molar-refractivity contribution in [1.82, 2.24) is 15.0 Å². The zero-order valence-corrected chi connectivity index (χ0v) is 9.59. The van der Waals surface area contributed by atoms with Crippen LogP contribution in [-0.4, -0.2) is 26.0 Å². The van der Waals surface area contributed by atoms with E-state index in [-0.39, 0.29) is 11.4 Å². The van der Waals surface area contributed by atoms with Gasteiger partial charge in [0.1, 0.15) is 11.6 Å². The second kappa shape index (κ2) is 4.16. The molecule has 0 amide bonds. The Labute approximate surface area is 106 Å². The van der Waals surface area contributed by atoms with Crippen molar-refractivity contribution in [2.24, 2.45) is 0 Å². The predicted octanol–water partition coefficient (Wildman–Crippen LogP) is 2.46. The Hall–Kier alpha value is -2.76. The van der Waals surface area contributed by atoms with Crippen LogP contribution in [0.5, 0.6) is 0 Å². The lowest BCUT2D eigenvalue weighted by molar-refractivity contribution is 0.0698. The van der Waals surface area contributed by atoms with Gasteiger partial charge in [0, 0.05) is 11.8 Å². The predicted molar refractivity (Wildman–Crippen MR) is 66.2 cm³/mol. The number of nitrogens with one attached hydrogen (secondary N) is 1. The number of aromatic nitrogens is 3. The lowest BCUT2D eigenvalue weighted by Gasteiger charge is -1.95. The number of carbonyl (C=O) groups is 1. The number of H-pyrrole nitrogens is 1. The van der Waals surface area contributed by atoms with Crippen molar-refractivity contribution in [1.29, 1.82) is 0 Å². The van der Waals surface area contributed by atoms with Crippen molar-refractivity contribution in [2.45, 2.75) is 0 Å². The first-order valence-electron chi connectivity index (χ1n) is 5.49. The zero-order chi connectivity index (χ0) is 13.4. The van der Waals surface area contributed by atoms with Gasteiger partial charge in [0.15, 0.2) is 5.65 Å². The van der Waals surface area contributed by atoms with Gasteiger partial charge >= 0.3 is 5.97 Å². The van der Waals surface area contributed by atoms with Gasteiger partial charge in [-0.25, -0.2) is 19.2 Å². The molecule has 0 saturated heterocycles. The Bertz CT molecular complexity index is 765. The van der Waals surface area contributed by atoms with Crippen LogP contribution in [0.4, 0.5) is 4.39 Å². The second-order valence-electron chi connectivity index (χ2n) is 3.95. The van der Waals surface area contributed by atoms with Gasteiger partial charge in [-0.05, 0) is 30.3 Å². The Morgan fingerprint density at radius 2 is 1.95 bits per heavy atom. The molecule has 19 heavy (non-hydrogen) atoms. The molecule has 94 valence electrons. The first kappa shape index (κ1) is 11.3. The summed E-state index contributed by atoms with van der Waals surface area (Å²) in [5.41, 5.74) is 1.44. The summed E-state index contributed by atoms with van der Waals surface area (Å²) in [5, 5.41) is 9.07. The maximum Gasteiger partial charge on any atom is 0.338 e. The Morgan fingerprint density at radius 3 is 2.63 bits per heavy atom. The van der Waals surface area contributed by atoms with E-state index in [4.69, 9.17) is 5.11 Å². The molecule has 0 aliphatic rings. The van der Waals surface area contributed by atoms with E-state index in [1.165, 1.54) is 24.4 Å². The van der Waals surface area contributed by atoms with Crippen LogP contribution >= 0.6 is 0 Å². The number of pyridine rings is 1. The molecule has 6 heteroatoms. The average Bonchev–Trinajstić information content (AvgIpc) is 2.82. The van der Waals surface area contributed by atoms with Gasteiger partial charge in [-0.3, -0.25) is 0 Å². The Morgan fingerprint density at radius 1 is 1.21 bits per heavy atom. The number of aromatic carboxylic acids is 1. The fraction of sp³-hybridized carbons (Fsp3) is 0. The lowest BCUT2D eigenvalue weighted by atomic mass is 10.2. The largest absolute Gasteiger partial charge is 0.478 e. The van der Waals surface area contributed by atoms with Crippen LogP contribution in [0, 0.1) is 5.82 Å². The van der Waals surface area contributed by atoms with E-state index in [0.717, 1.165) is 0 Å². The minimum Gasteiger partial charge on any atom is -0.478 e. The standard InChI is InChI=1S/C13H8FN3O2/c14-8-3-1-7(2-4-8)11-16-10-9(13(18)19)5-6-15-12(10)17-11/h1-6H,(H,18,19)(H,15,16,17). The van der Waals surface area contributed by atoms with Crippen LogP contribution in [0.15, 0.2) is 36.5 Å². The first-order valence-corrected chi connectivity index (χ1v) is 5.49. The number of imidazole rings is 1. The van der Waals surface area contributed by atoms with Crippen molar-refractivity contribution >= 4 is 17.1 Å². The average molecular weight is 257 g/mol. The third-order valence-electron chi connectivity index (χ3n) is 2.74. The smallest absolute Gasteiger partial charge is 0.338 e. The normalized spacial score (nSPS) is 10.8. The minimum atomic E-state index is -1.05. The highest BCUT2D eigenvalue weighted by Crippen LogP contribution is 2.21. The number of benzene rings is 1. The summed E-state index contributed by atoms with van der Waals surface area (Å²) < 4.78 is 12.9. The number of carboxylic acid groups (broad SMARTS) is 1. The molecular weight excluding hydrogens is 249 g/mol. The summed E-state index contributed by atoms with van der Waals surface area (Å²) in [6, 6.07) is 7.15. The summed E-state index contributed by atoms with van der Waals surface area (Å²) in [5.74, 6) is -0.942. The Kier molecular flexibility index (Phi) is 2.49. The van der Waals surface area contributed by atoms with Crippen molar-refractivity contribution in [3.05, 3.63) is 47.9 Å². The molecule has 1 aromatic carbocycles. The maximum absolute atomic E-state index is 12.9. The van der Waals surface area contributed by atoms with E-state index < -0.39 is 5.97 Å². The molecule has 0 aliphatic heterocycles. The maximum atomic E-state index is 12.9. The SMILES string of the molecule is O=C(O)c1ccnc2nc(-c3ccc(F)cc3)[nH]c12. The van der Waals surface area contributed by atoms with Crippen LogP contribution in [0.3, 0.4) is 0 Å². The van der Waals surface area contributed by atoms with Crippen molar-refractivity contribution in [2.75, 3.05) is 0 Å². The third-order valence-corrected chi connectivity index (χ3v) is 2.74. The molecule has 0 radical (unpaired) electrons. The lowest BCUT2D eigenvalue weighted by Crippen LogP contribution is -1.97. The van der Waals surface area contributed by atoms with Gasteiger partial charge in [-0.2, -0.15) is 0 Å². The van der Waals surface area contributed by atoms with Crippen LogP contribution in [0.25, 0.3) is 22.6 Å². The van der Waals surface area contributed by atoms with E-state index in [9.17, 15) is 9.18 Å². The molecule has 2 N–H and O–H groups in total. The number of nitrogens with zero attached hydrogens (tertiary/aromatic N) is 2. The second-order valence-corrected chi connectivity index (χ2v) is 3.95. The highest BCUT2D eigenvalue weighted by molar-refractivity contribution is 6.00. The van der Waals surface area contributed by atoms with E-state index in [1.807, 2.05) is 0 Å². The number of halogens is 1. The van der Waals surface area contributed by atoms with Gasteiger partial charge in [0.05, 0.1) is 11.1 Å². The molecule has 3 rings (SSSR count). The monoisotopic (exact) mass is 257 g/mol. The fourth-order valence-electron chi connectivity index (χ4n) is 1.83. The molecule has 5 nitrogen and oxygen atoms in total. The number of fused-ring (bicyclic) bond motifs is 1. The summed E-state index contributed by atoms with van der Waals surface area (Å²) in [4.78, 5) is 22.2. The number of aromatic amines is 1. The van der Waals surface area contributed by atoms with Gasteiger partial charge < -0.3 is 10.1 Å². The van der Waals surface area contributed by atoms with Crippen LogP contribution < -0.4 is 0 Å². The topological polar surface area (TPSA) is 78.9 Å². The van der Waals surface area contributed by atoms with Crippen molar-refractivity contribution in [3.8, 4) is 11.4 Å². The van der Waals surface area contributed by atoms with Crippen LogP contribution in [0.1, 0.15) is 10.4 Å².